The Morgan fingerprint density at radius 2 is 1.20 bits per heavy atom. The van der Waals surface area contributed by atoms with E-state index in [1.165, 1.54) is 108 Å². The molecule has 1 aromatic heterocycles. The summed E-state index contributed by atoms with van der Waals surface area (Å²) in [4.78, 5) is 22.2. The van der Waals surface area contributed by atoms with Crippen molar-refractivity contribution in [2.24, 2.45) is 17.8 Å². The SMILES string of the molecule is CCCCCCCCC[C@H]1CC[C@H](c2cnc(-c3ccc(OC(=O)[C@H]4CC[C@H](CCCCC)CC4)cc3)nc2)CC1. The summed E-state index contributed by atoms with van der Waals surface area (Å²) in [5.74, 6) is 3.65. The highest BCUT2D eigenvalue weighted by atomic mass is 16.5. The predicted molar refractivity (Wildman–Crippen MR) is 170 cm³/mol. The number of carbonyl (C=O) groups is 1. The molecular weight excluding hydrogens is 504 g/mol. The summed E-state index contributed by atoms with van der Waals surface area (Å²) in [5.41, 5.74) is 2.25. The summed E-state index contributed by atoms with van der Waals surface area (Å²) >= 11 is 0. The van der Waals surface area contributed by atoms with Gasteiger partial charge in [-0.2, -0.15) is 0 Å². The summed E-state index contributed by atoms with van der Waals surface area (Å²) < 4.78 is 5.76. The standard InChI is InChI=1S/C37H56N2O2/c1-3-5-7-8-9-10-12-14-30-15-19-31(20-16-30)34-27-38-36(39-28-34)32-23-25-35(26-24-32)41-37(40)33-21-17-29(18-22-33)13-11-6-4-2/h23-31,33H,3-22H2,1-2H3/t29-,30-,31-,33-. The molecule has 1 heterocycles. The van der Waals surface area contributed by atoms with Gasteiger partial charge in [-0.25, -0.2) is 9.97 Å². The molecule has 0 radical (unpaired) electrons. The zero-order valence-electron chi connectivity index (χ0n) is 26.1. The summed E-state index contributed by atoms with van der Waals surface area (Å²) in [6.45, 7) is 4.54. The first-order valence-electron chi connectivity index (χ1n) is 17.3. The molecule has 2 aliphatic rings. The topological polar surface area (TPSA) is 52.1 Å². The Balaban J connectivity index is 1.16. The molecule has 4 heteroatoms. The van der Waals surface area contributed by atoms with Crippen molar-refractivity contribution in [2.45, 2.75) is 148 Å². The van der Waals surface area contributed by atoms with Crippen LogP contribution in [0.15, 0.2) is 36.7 Å². The minimum absolute atomic E-state index is 0.0448. The van der Waals surface area contributed by atoms with Gasteiger partial charge in [-0.3, -0.25) is 4.79 Å². The highest BCUT2D eigenvalue weighted by Crippen LogP contribution is 2.38. The molecule has 1 aromatic carbocycles. The monoisotopic (exact) mass is 560 g/mol. The molecule has 41 heavy (non-hydrogen) atoms. The first-order valence-corrected chi connectivity index (χ1v) is 17.3. The molecule has 0 unspecified atom stereocenters. The van der Waals surface area contributed by atoms with Crippen molar-refractivity contribution >= 4 is 5.97 Å². The van der Waals surface area contributed by atoms with Gasteiger partial charge in [0.15, 0.2) is 5.82 Å². The van der Waals surface area contributed by atoms with Gasteiger partial charge in [0.25, 0.3) is 0 Å². The van der Waals surface area contributed by atoms with E-state index in [-0.39, 0.29) is 11.9 Å². The van der Waals surface area contributed by atoms with Gasteiger partial charge < -0.3 is 4.74 Å². The van der Waals surface area contributed by atoms with Crippen LogP contribution in [0.2, 0.25) is 0 Å². The second-order valence-electron chi connectivity index (χ2n) is 13.1. The van der Waals surface area contributed by atoms with Crippen LogP contribution in [-0.2, 0) is 4.79 Å². The molecule has 4 nitrogen and oxygen atoms in total. The summed E-state index contributed by atoms with van der Waals surface area (Å²) in [6, 6.07) is 7.70. The summed E-state index contributed by atoms with van der Waals surface area (Å²) in [6.07, 6.45) is 30.1. The molecule has 0 spiro atoms. The van der Waals surface area contributed by atoms with Crippen LogP contribution in [0.3, 0.4) is 0 Å². The number of hydrogen-bond acceptors (Lipinski definition) is 4. The van der Waals surface area contributed by atoms with Crippen molar-refractivity contribution < 1.29 is 9.53 Å². The Hall–Kier alpha value is -2.23. The van der Waals surface area contributed by atoms with Gasteiger partial charge in [0.2, 0.25) is 0 Å². The Bertz CT molecular complexity index is 987. The molecule has 2 saturated carbocycles. The second kappa shape index (κ2) is 17.7. The van der Waals surface area contributed by atoms with Crippen LogP contribution in [0.1, 0.15) is 154 Å². The number of unbranched alkanes of at least 4 members (excludes halogenated alkanes) is 8. The van der Waals surface area contributed by atoms with E-state index in [0.717, 1.165) is 48.9 Å². The second-order valence-corrected chi connectivity index (χ2v) is 13.1. The molecule has 0 bridgehead atoms. The molecule has 4 rings (SSSR count). The van der Waals surface area contributed by atoms with Crippen LogP contribution in [0, 0.1) is 17.8 Å². The normalized spacial score (nSPS) is 22.9. The van der Waals surface area contributed by atoms with Crippen LogP contribution in [-0.4, -0.2) is 15.9 Å². The zero-order valence-corrected chi connectivity index (χ0v) is 26.1. The highest BCUT2D eigenvalue weighted by Gasteiger charge is 2.27. The molecule has 226 valence electrons. The molecule has 0 N–H and O–H groups in total. The van der Waals surface area contributed by atoms with Crippen molar-refractivity contribution in [3.63, 3.8) is 0 Å². The van der Waals surface area contributed by atoms with Gasteiger partial charge in [-0.05, 0) is 98.9 Å². The average molecular weight is 561 g/mol. The summed E-state index contributed by atoms with van der Waals surface area (Å²) in [5, 5.41) is 0. The molecule has 0 amide bonds. The fraction of sp³-hybridized carbons (Fsp3) is 0.703. The number of nitrogens with zero attached hydrogens (tertiary/aromatic N) is 2. The van der Waals surface area contributed by atoms with E-state index < -0.39 is 0 Å². The van der Waals surface area contributed by atoms with Crippen LogP contribution in [0.5, 0.6) is 5.75 Å². The van der Waals surface area contributed by atoms with E-state index in [1.807, 2.05) is 36.7 Å². The number of esters is 1. The number of rotatable bonds is 16. The van der Waals surface area contributed by atoms with Gasteiger partial charge in [-0.15, -0.1) is 0 Å². The largest absolute Gasteiger partial charge is 0.426 e. The van der Waals surface area contributed by atoms with Gasteiger partial charge in [0.05, 0.1) is 5.92 Å². The average Bonchev–Trinajstić information content (AvgIpc) is 3.02. The molecular formula is C37H56N2O2. The lowest BCUT2D eigenvalue weighted by Crippen LogP contribution is -2.25. The Labute approximate surface area is 250 Å². The van der Waals surface area contributed by atoms with Crippen molar-refractivity contribution in [1.29, 1.82) is 0 Å². The minimum Gasteiger partial charge on any atom is -0.426 e. The quantitative estimate of drug-likeness (QED) is 0.116. The van der Waals surface area contributed by atoms with Crippen LogP contribution in [0.4, 0.5) is 0 Å². The third-order valence-electron chi connectivity index (χ3n) is 9.93. The van der Waals surface area contributed by atoms with E-state index in [2.05, 4.69) is 13.8 Å². The third kappa shape index (κ3) is 10.5. The fourth-order valence-electron chi connectivity index (χ4n) is 7.11. The maximum absolute atomic E-state index is 12.8. The maximum Gasteiger partial charge on any atom is 0.314 e. The summed E-state index contributed by atoms with van der Waals surface area (Å²) in [7, 11) is 0. The van der Waals surface area contributed by atoms with E-state index >= 15 is 0 Å². The van der Waals surface area contributed by atoms with Crippen LogP contribution < -0.4 is 4.74 Å². The van der Waals surface area contributed by atoms with E-state index in [4.69, 9.17) is 14.7 Å². The van der Waals surface area contributed by atoms with E-state index in [9.17, 15) is 4.79 Å². The van der Waals surface area contributed by atoms with Crippen molar-refractivity contribution in [3.8, 4) is 17.1 Å². The van der Waals surface area contributed by atoms with Gasteiger partial charge in [0, 0.05) is 18.0 Å². The molecule has 0 saturated heterocycles. The lowest BCUT2D eigenvalue weighted by Gasteiger charge is -2.28. The van der Waals surface area contributed by atoms with Crippen molar-refractivity contribution in [2.75, 3.05) is 0 Å². The fourth-order valence-corrected chi connectivity index (χ4v) is 7.11. The Kier molecular flexibility index (Phi) is 13.7. The lowest BCUT2D eigenvalue weighted by molar-refractivity contribution is -0.140. The first-order chi connectivity index (χ1) is 20.2. The van der Waals surface area contributed by atoms with Gasteiger partial charge in [0.1, 0.15) is 5.75 Å². The Morgan fingerprint density at radius 1 is 0.683 bits per heavy atom. The van der Waals surface area contributed by atoms with Crippen LogP contribution >= 0.6 is 0 Å². The third-order valence-corrected chi connectivity index (χ3v) is 9.93. The molecule has 2 aromatic rings. The highest BCUT2D eigenvalue weighted by molar-refractivity contribution is 5.75. The lowest BCUT2D eigenvalue weighted by atomic mass is 9.77. The molecule has 2 aliphatic carbocycles. The van der Waals surface area contributed by atoms with Crippen molar-refractivity contribution in [3.05, 3.63) is 42.2 Å². The van der Waals surface area contributed by atoms with Gasteiger partial charge >= 0.3 is 5.97 Å². The number of ether oxygens (including phenoxy) is 1. The van der Waals surface area contributed by atoms with Crippen LogP contribution in [0.25, 0.3) is 11.4 Å². The number of aromatic nitrogens is 2. The van der Waals surface area contributed by atoms with E-state index in [0.29, 0.717) is 11.7 Å². The number of hydrogen-bond donors (Lipinski definition) is 0. The maximum atomic E-state index is 12.8. The van der Waals surface area contributed by atoms with Crippen molar-refractivity contribution in [1.82, 2.24) is 9.97 Å². The molecule has 2 fully saturated rings. The first kappa shape index (κ1) is 31.7. The van der Waals surface area contributed by atoms with E-state index in [1.54, 1.807) is 0 Å². The predicted octanol–water partition coefficient (Wildman–Crippen LogP) is 10.9. The Morgan fingerprint density at radius 3 is 1.80 bits per heavy atom. The number of carbonyl (C=O) groups excluding carboxylic acids is 1. The van der Waals surface area contributed by atoms with Gasteiger partial charge in [-0.1, -0.05) is 90.9 Å². The number of benzene rings is 1. The molecule has 0 aliphatic heterocycles. The zero-order chi connectivity index (χ0) is 28.7. The smallest absolute Gasteiger partial charge is 0.314 e. The minimum atomic E-state index is -0.0671. The molecule has 0 atom stereocenters.